The zero-order chi connectivity index (χ0) is 26.4. The maximum atomic E-state index is 11.6. The third-order valence-electron chi connectivity index (χ3n) is 6.06. The first kappa shape index (κ1) is 24.1. The van der Waals surface area contributed by atoms with E-state index in [1.165, 1.54) is 11.3 Å². The Hall–Kier alpha value is -4.22. The van der Waals surface area contributed by atoms with Crippen molar-refractivity contribution in [2.45, 2.75) is 20.5 Å². The molecule has 4 aromatic heterocycles. The van der Waals surface area contributed by atoms with Gasteiger partial charge in [-0.05, 0) is 31.3 Å². The van der Waals surface area contributed by atoms with Crippen molar-refractivity contribution in [3.8, 4) is 38.7 Å². The third kappa shape index (κ3) is 4.39. The van der Waals surface area contributed by atoms with Crippen LogP contribution in [0.15, 0.2) is 53.1 Å². The summed E-state index contributed by atoms with van der Waals surface area (Å²) in [6.07, 6.45) is 1.80. The first-order chi connectivity index (χ1) is 18.4. The standard InChI is InChI=1S/C27H22N4O5S2/c1-14(32)16-5-7-17(8-6-16)25-28-21(15(2)37-25)13-35-22-9-18(33-3)10-23-19(22)11-24(36-23)20-12-31-26(29-20)38-27(30-31)34-4/h5-12H,13H2,1-4H3. The van der Waals surface area contributed by atoms with E-state index in [-0.39, 0.29) is 12.4 Å². The van der Waals surface area contributed by atoms with Crippen molar-refractivity contribution in [3.63, 3.8) is 0 Å². The van der Waals surface area contributed by atoms with Crippen molar-refractivity contribution in [1.82, 2.24) is 19.6 Å². The van der Waals surface area contributed by atoms with Crippen LogP contribution in [-0.2, 0) is 6.61 Å². The lowest BCUT2D eigenvalue weighted by molar-refractivity contribution is 0.101. The van der Waals surface area contributed by atoms with Crippen LogP contribution in [0.1, 0.15) is 27.9 Å². The summed E-state index contributed by atoms with van der Waals surface area (Å²) < 4.78 is 24.7. The van der Waals surface area contributed by atoms with Gasteiger partial charge in [-0.25, -0.2) is 14.5 Å². The Labute approximate surface area is 225 Å². The molecule has 0 amide bonds. The molecule has 0 fully saturated rings. The van der Waals surface area contributed by atoms with E-state index in [1.807, 2.05) is 49.4 Å². The molecule has 0 atom stereocenters. The summed E-state index contributed by atoms with van der Waals surface area (Å²) in [5.41, 5.74) is 3.76. The van der Waals surface area contributed by atoms with Crippen molar-refractivity contribution in [2.75, 3.05) is 14.2 Å². The number of furan rings is 1. The Bertz CT molecular complexity index is 1760. The summed E-state index contributed by atoms with van der Waals surface area (Å²) in [5, 5.41) is 6.54. The molecule has 6 rings (SSSR count). The highest BCUT2D eigenvalue weighted by atomic mass is 32.1. The van der Waals surface area contributed by atoms with E-state index >= 15 is 0 Å². The van der Waals surface area contributed by atoms with Crippen LogP contribution in [0.2, 0.25) is 0 Å². The van der Waals surface area contributed by atoms with Gasteiger partial charge in [0.15, 0.2) is 11.5 Å². The molecular formula is C27H22N4O5S2. The molecule has 2 aromatic carbocycles. The molecule has 0 aliphatic heterocycles. The predicted molar refractivity (Wildman–Crippen MR) is 146 cm³/mol. The van der Waals surface area contributed by atoms with Crippen molar-refractivity contribution in [1.29, 1.82) is 0 Å². The summed E-state index contributed by atoms with van der Waals surface area (Å²) in [6.45, 7) is 3.86. The van der Waals surface area contributed by atoms with Gasteiger partial charge in [-0.2, -0.15) is 0 Å². The number of hydrogen-bond donors (Lipinski definition) is 0. The van der Waals surface area contributed by atoms with Gasteiger partial charge in [-0.1, -0.05) is 24.3 Å². The van der Waals surface area contributed by atoms with Crippen LogP contribution in [0.3, 0.4) is 0 Å². The number of Topliss-reactive ketones (excluding diaryl/α,β-unsaturated/α-hetero) is 1. The molecule has 0 unspecified atom stereocenters. The molecular weight excluding hydrogens is 524 g/mol. The monoisotopic (exact) mass is 546 g/mol. The van der Waals surface area contributed by atoms with E-state index in [4.69, 9.17) is 23.6 Å². The van der Waals surface area contributed by atoms with Gasteiger partial charge in [-0.3, -0.25) is 4.79 Å². The Balaban J connectivity index is 1.28. The molecule has 0 radical (unpaired) electrons. The third-order valence-corrected chi connectivity index (χ3v) is 8.00. The summed E-state index contributed by atoms with van der Waals surface area (Å²) in [7, 11) is 3.18. The maximum absolute atomic E-state index is 11.6. The number of aryl methyl sites for hydroxylation is 1. The van der Waals surface area contributed by atoms with Gasteiger partial charge in [0.25, 0.3) is 5.19 Å². The molecule has 0 saturated carbocycles. The van der Waals surface area contributed by atoms with Crippen molar-refractivity contribution < 1.29 is 23.4 Å². The average molecular weight is 547 g/mol. The predicted octanol–water partition coefficient (Wildman–Crippen LogP) is 6.43. The van der Waals surface area contributed by atoms with Crippen LogP contribution in [0.25, 0.3) is 38.0 Å². The SMILES string of the molecule is COc1cc(OCc2nc(-c3ccc(C(C)=O)cc3)sc2C)c2cc(-c3cn4nc(OC)sc4n3)oc2c1. The molecule has 9 nitrogen and oxygen atoms in total. The Kier molecular flexibility index (Phi) is 6.09. The lowest BCUT2D eigenvalue weighted by Crippen LogP contribution is -1.98. The van der Waals surface area contributed by atoms with Crippen molar-refractivity contribution in [2.24, 2.45) is 0 Å². The summed E-state index contributed by atoms with van der Waals surface area (Å²) in [5.74, 6) is 1.87. The zero-order valence-electron chi connectivity index (χ0n) is 21.0. The van der Waals surface area contributed by atoms with Gasteiger partial charge in [0.1, 0.15) is 34.4 Å². The number of nitrogens with zero attached hydrogens (tertiary/aromatic N) is 4. The van der Waals surface area contributed by atoms with Crippen LogP contribution in [0.4, 0.5) is 0 Å². The molecule has 0 aliphatic rings. The van der Waals surface area contributed by atoms with Crippen LogP contribution in [-0.4, -0.2) is 39.6 Å². The van der Waals surface area contributed by atoms with Crippen molar-refractivity contribution in [3.05, 3.63) is 64.8 Å². The van der Waals surface area contributed by atoms with E-state index in [2.05, 4.69) is 10.1 Å². The topological polar surface area (TPSA) is 101 Å². The molecule has 0 spiro atoms. The highest BCUT2D eigenvalue weighted by Gasteiger charge is 2.18. The minimum absolute atomic E-state index is 0.0394. The fourth-order valence-electron chi connectivity index (χ4n) is 4.01. The number of ketones is 1. The van der Waals surface area contributed by atoms with E-state index < -0.39 is 0 Å². The molecule has 4 heterocycles. The number of hydrogen-bond acceptors (Lipinski definition) is 10. The average Bonchev–Trinajstić information content (AvgIpc) is 3.69. The largest absolute Gasteiger partial charge is 0.496 e. The van der Waals surface area contributed by atoms with Crippen LogP contribution >= 0.6 is 22.7 Å². The molecule has 11 heteroatoms. The Morgan fingerprint density at radius 2 is 1.87 bits per heavy atom. The highest BCUT2D eigenvalue weighted by molar-refractivity contribution is 7.18. The van der Waals surface area contributed by atoms with Gasteiger partial charge in [0.2, 0.25) is 4.96 Å². The first-order valence-corrected chi connectivity index (χ1v) is 13.3. The molecule has 6 aromatic rings. The second-order valence-electron chi connectivity index (χ2n) is 8.52. The van der Waals surface area contributed by atoms with Gasteiger partial charge >= 0.3 is 0 Å². The van der Waals surface area contributed by atoms with Gasteiger partial charge in [0.05, 0.1) is 31.5 Å². The Morgan fingerprint density at radius 1 is 1.05 bits per heavy atom. The fourth-order valence-corrected chi connectivity index (χ4v) is 5.63. The number of aromatic nitrogens is 4. The van der Waals surface area contributed by atoms with Gasteiger partial charge in [0, 0.05) is 28.1 Å². The minimum atomic E-state index is 0.0394. The number of rotatable bonds is 8. The molecule has 38 heavy (non-hydrogen) atoms. The van der Waals surface area contributed by atoms with E-state index in [9.17, 15) is 4.79 Å². The fraction of sp³-hybridized carbons (Fsp3) is 0.185. The quantitative estimate of drug-likeness (QED) is 0.201. The van der Waals surface area contributed by atoms with Gasteiger partial charge in [-0.15, -0.1) is 16.4 Å². The molecule has 0 aliphatic carbocycles. The lowest BCUT2D eigenvalue weighted by atomic mass is 10.1. The van der Waals surface area contributed by atoms with Crippen molar-refractivity contribution >= 4 is 44.4 Å². The molecule has 0 bridgehead atoms. The summed E-state index contributed by atoms with van der Waals surface area (Å²) >= 11 is 2.94. The number of ether oxygens (including phenoxy) is 3. The molecule has 0 N–H and O–H groups in total. The number of carbonyl (C=O) groups excluding carboxylic acids is 1. The normalized spacial score (nSPS) is 11.4. The van der Waals surface area contributed by atoms with Gasteiger partial charge < -0.3 is 18.6 Å². The Morgan fingerprint density at radius 3 is 2.58 bits per heavy atom. The number of carbonyl (C=O) groups is 1. The lowest BCUT2D eigenvalue weighted by Gasteiger charge is -2.08. The van der Waals surface area contributed by atoms with Crippen LogP contribution in [0.5, 0.6) is 16.7 Å². The zero-order valence-corrected chi connectivity index (χ0v) is 22.6. The second-order valence-corrected chi connectivity index (χ2v) is 10.6. The first-order valence-electron chi connectivity index (χ1n) is 11.6. The van der Waals surface area contributed by atoms with Crippen LogP contribution in [0, 0.1) is 6.92 Å². The number of benzene rings is 2. The smallest absolute Gasteiger partial charge is 0.294 e. The highest BCUT2D eigenvalue weighted by Crippen LogP contribution is 2.38. The number of methoxy groups -OCH3 is 2. The number of imidazole rings is 1. The molecule has 192 valence electrons. The van der Waals surface area contributed by atoms with E-state index in [1.54, 1.807) is 43.2 Å². The van der Waals surface area contributed by atoms with E-state index in [0.29, 0.717) is 44.3 Å². The van der Waals surface area contributed by atoms with E-state index in [0.717, 1.165) is 26.5 Å². The minimum Gasteiger partial charge on any atom is -0.496 e. The molecule has 0 saturated heterocycles. The number of fused-ring (bicyclic) bond motifs is 2. The maximum Gasteiger partial charge on any atom is 0.294 e. The van der Waals surface area contributed by atoms with Crippen LogP contribution < -0.4 is 14.2 Å². The number of thiazole rings is 1. The second kappa shape index (κ2) is 9.58. The summed E-state index contributed by atoms with van der Waals surface area (Å²) in [6, 6.07) is 13.1. The summed E-state index contributed by atoms with van der Waals surface area (Å²) in [4.78, 5) is 22.8.